The minimum absolute atomic E-state index is 0.00716. The number of methoxy groups -OCH3 is 1. The van der Waals surface area contributed by atoms with Crippen molar-refractivity contribution in [3.63, 3.8) is 0 Å². The SMILES string of the molecule is COC1=C(OCC2CCC3(CCOC3)C2)C=C2N=CC=C(Oc3ccc(NC(=O)c4c(C)n(C)n(-c5ccccc5)c4=O)cc3F)C2C1. The monoisotopic (exact) mass is 654 g/mol. The number of carbonyl (C=O) groups is 1. The Morgan fingerprint density at radius 3 is 2.77 bits per heavy atom. The predicted molar refractivity (Wildman–Crippen MR) is 179 cm³/mol. The van der Waals surface area contributed by atoms with E-state index in [1.54, 1.807) is 50.2 Å². The second-order valence-corrected chi connectivity index (χ2v) is 13.0. The minimum Gasteiger partial charge on any atom is -0.497 e. The van der Waals surface area contributed by atoms with E-state index < -0.39 is 17.3 Å². The number of dihydropyridines is 1. The van der Waals surface area contributed by atoms with Crippen LogP contribution in [0.25, 0.3) is 5.69 Å². The number of nitrogens with zero attached hydrogens (tertiary/aromatic N) is 3. The van der Waals surface area contributed by atoms with E-state index in [1.165, 1.54) is 29.3 Å². The maximum absolute atomic E-state index is 15.4. The lowest BCUT2D eigenvalue weighted by Gasteiger charge is -2.29. The Kier molecular flexibility index (Phi) is 8.55. The largest absolute Gasteiger partial charge is 0.497 e. The molecule has 2 aliphatic heterocycles. The molecule has 3 aromatic rings. The average molecular weight is 655 g/mol. The topological polar surface area (TPSA) is 105 Å². The summed E-state index contributed by atoms with van der Waals surface area (Å²) < 4.78 is 42.3. The van der Waals surface area contributed by atoms with Crippen LogP contribution in [0.15, 0.2) is 93.4 Å². The van der Waals surface area contributed by atoms with Gasteiger partial charge in [-0.05, 0) is 74.3 Å². The van der Waals surface area contributed by atoms with Crippen LogP contribution in [0.2, 0.25) is 0 Å². The van der Waals surface area contributed by atoms with Crippen LogP contribution in [0, 0.1) is 30.0 Å². The number of carbonyl (C=O) groups excluding carboxylic acids is 1. The van der Waals surface area contributed by atoms with E-state index in [0.717, 1.165) is 38.2 Å². The summed E-state index contributed by atoms with van der Waals surface area (Å²) in [4.78, 5) is 31.1. The first-order valence-corrected chi connectivity index (χ1v) is 16.3. The molecule has 2 fully saturated rings. The van der Waals surface area contributed by atoms with Gasteiger partial charge in [0, 0.05) is 44.1 Å². The zero-order valence-corrected chi connectivity index (χ0v) is 27.3. The molecule has 48 heavy (non-hydrogen) atoms. The van der Waals surface area contributed by atoms with Gasteiger partial charge in [0.25, 0.3) is 11.5 Å². The Hall–Kier alpha value is -4.90. The van der Waals surface area contributed by atoms with Crippen LogP contribution in [0.1, 0.15) is 48.2 Å². The Morgan fingerprint density at radius 1 is 1.19 bits per heavy atom. The number of amides is 1. The molecule has 11 heteroatoms. The highest BCUT2D eigenvalue weighted by atomic mass is 19.1. The van der Waals surface area contributed by atoms with Gasteiger partial charge in [-0.2, -0.15) is 0 Å². The molecule has 0 bridgehead atoms. The van der Waals surface area contributed by atoms with Crippen molar-refractivity contribution in [2.24, 2.45) is 29.3 Å². The van der Waals surface area contributed by atoms with Crippen LogP contribution in [-0.4, -0.2) is 48.4 Å². The predicted octanol–water partition coefficient (Wildman–Crippen LogP) is 6.21. The number of benzene rings is 2. The summed E-state index contributed by atoms with van der Waals surface area (Å²) in [6.45, 7) is 4.02. The Morgan fingerprint density at radius 2 is 2.02 bits per heavy atom. The third-order valence-corrected chi connectivity index (χ3v) is 10.0. The summed E-state index contributed by atoms with van der Waals surface area (Å²) in [5.41, 5.74) is 1.88. The van der Waals surface area contributed by atoms with Gasteiger partial charge < -0.3 is 24.3 Å². The molecule has 4 aliphatic rings. The van der Waals surface area contributed by atoms with Gasteiger partial charge in [0.15, 0.2) is 17.3 Å². The first kappa shape index (κ1) is 31.7. The molecule has 2 aromatic carbocycles. The zero-order chi connectivity index (χ0) is 33.4. The van der Waals surface area contributed by atoms with Crippen molar-refractivity contribution in [3.8, 4) is 11.4 Å². The Balaban J connectivity index is 1.01. The first-order valence-electron chi connectivity index (χ1n) is 16.3. The van der Waals surface area contributed by atoms with Crippen LogP contribution in [-0.2, 0) is 21.3 Å². The normalized spacial score (nSPS) is 23.2. The van der Waals surface area contributed by atoms with Gasteiger partial charge in [0.2, 0.25) is 0 Å². The molecular weight excluding hydrogens is 615 g/mol. The van der Waals surface area contributed by atoms with Crippen molar-refractivity contribution in [3.05, 3.63) is 111 Å². The van der Waals surface area contributed by atoms with E-state index in [1.807, 2.05) is 24.3 Å². The number of hydrogen-bond donors (Lipinski definition) is 1. The van der Waals surface area contributed by atoms with Crippen molar-refractivity contribution in [2.75, 3.05) is 32.2 Å². The van der Waals surface area contributed by atoms with Crippen molar-refractivity contribution < 1.29 is 28.1 Å². The maximum atomic E-state index is 15.4. The van der Waals surface area contributed by atoms with E-state index >= 15 is 4.39 Å². The van der Waals surface area contributed by atoms with Crippen molar-refractivity contribution in [2.45, 2.75) is 39.0 Å². The van der Waals surface area contributed by atoms with Gasteiger partial charge >= 0.3 is 0 Å². The highest BCUT2D eigenvalue weighted by Crippen LogP contribution is 2.48. The maximum Gasteiger partial charge on any atom is 0.284 e. The second kappa shape index (κ2) is 13.0. The standard InChI is InChI=1S/C37H39FN4O6/c1-23-34(36(44)42(41(23)2)26-7-5-4-6-8-26)35(43)40-25-9-10-31(28(38)17-25)48-30-12-15-39-29-19-33(32(45-3)18-27(29)30)47-21-24-11-13-37(20-24)14-16-46-22-37/h4-10,12,15,17,19,24,27H,11,13-14,16,18,20-22H2,1-3H3,(H,40,43). The van der Waals surface area contributed by atoms with E-state index in [-0.39, 0.29) is 22.9 Å². The van der Waals surface area contributed by atoms with Crippen LogP contribution >= 0.6 is 0 Å². The van der Waals surface area contributed by atoms with Crippen molar-refractivity contribution >= 4 is 17.8 Å². The van der Waals surface area contributed by atoms with Gasteiger partial charge in [0.1, 0.15) is 17.1 Å². The lowest BCUT2D eigenvalue weighted by Crippen LogP contribution is -2.25. The van der Waals surface area contributed by atoms with Crippen LogP contribution in [0.4, 0.5) is 10.1 Å². The fourth-order valence-electron chi connectivity index (χ4n) is 7.30. The van der Waals surface area contributed by atoms with E-state index in [4.69, 9.17) is 18.9 Å². The molecule has 3 heterocycles. The van der Waals surface area contributed by atoms with Crippen LogP contribution in [0.5, 0.6) is 5.75 Å². The van der Waals surface area contributed by atoms with Crippen molar-refractivity contribution in [1.29, 1.82) is 0 Å². The molecule has 7 rings (SSSR count). The highest BCUT2D eigenvalue weighted by molar-refractivity contribution is 6.05. The minimum atomic E-state index is -0.669. The lowest BCUT2D eigenvalue weighted by atomic mass is 9.85. The number of aromatic nitrogens is 2. The van der Waals surface area contributed by atoms with Crippen molar-refractivity contribution in [1.82, 2.24) is 9.36 Å². The molecule has 1 amide bonds. The lowest BCUT2D eigenvalue weighted by molar-refractivity contribution is 0.102. The average Bonchev–Trinajstić information content (AvgIpc) is 3.78. The molecule has 3 unspecified atom stereocenters. The first-order chi connectivity index (χ1) is 23.2. The van der Waals surface area contributed by atoms with Gasteiger partial charge in [-0.3, -0.25) is 19.3 Å². The highest BCUT2D eigenvalue weighted by Gasteiger charge is 2.42. The van der Waals surface area contributed by atoms with Gasteiger partial charge in [0.05, 0.1) is 43.3 Å². The summed E-state index contributed by atoms with van der Waals surface area (Å²) in [6.07, 6.45) is 10.3. The van der Waals surface area contributed by atoms with Gasteiger partial charge in [-0.1, -0.05) is 18.2 Å². The van der Waals surface area contributed by atoms with Gasteiger partial charge in [-0.25, -0.2) is 9.07 Å². The van der Waals surface area contributed by atoms with E-state index in [2.05, 4.69) is 10.3 Å². The number of halogens is 1. The smallest absolute Gasteiger partial charge is 0.284 e. The zero-order valence-electron chi connectivity index (χ0n) is 27.3. The van der Waals surface area contributed by atoms with E-state index in [9.17, 15) is 9.59 Å². The summed E-state index contributed by atoms with van der Waals surface area (Å²) >= 11 is 0. The number of anilines is 1. The molecular formula is C37H39FN4O6. The van der Waals surface area contributed by atoms with Crippen LogP contribution < -0.4 is 15.6 Å². The molecule has 1 spiro atoms. The fraction of sp³-hybridized carbons (Fsp3) is 0.378. The third-order valence-electron chi connectivity index (χ3n) is 10.0. The number of rotatable bonds is 9. The molecule has 2 aliphatic carbocycles. The van der Waals surface area contributed by atoms with E-state index in [0.29, 0.717) is 53.0 Å². The fourth-order valence-corrected chi connectivity index (χ4v) is 7.30. The molecule has 0 radical (unpaired) electrons. The summed E-state index contributed by atoms with van der Waals surface area (Å²) in [7, 11) is 3.33. The number of aliphatic imine (C=N–C) groups is 1. The number of allylic oxidation sites excluding steroid dienone is 3. The summed E-state index contributed by atoms with van der Waals surface area (Å²) in [6, 6.07) is 13.2. The second-order valence-electron chi connectivity index (χ2n) is 13.0. The molecule has 3 atom stereocenters. The number of para-hydroxylation sites is 1. The molecule has 10 nitrogen and oxygen atoms in total. The van der Waals surface area contributed by atoms with Gasteiger partial charge in [-0.15, -0.1) is 0 Å². The molecule has 1 N–H and O–H groups in total. The number of nitrogens with one attached hydrogen (secondary N) is 1. The number of hydrogen-bond acceptors (Lipinski definition) is 7. The third kappa shape index (κ3) is 5.98. The molecule has 1 saturated heterocycles. The number of ether oxygens (including phenoxy) is 4. The molecule has 250 valence electrons. The Bertz CT molecular complexity index is 1910. The molecule has 1 aromatic heterocycles. The summed E-state index contributed by atoms with van der Waals surface area (Å²) in [5.74, 6) is 0.757. The summed E-state index contributed by atoms with van der Waals surface area (Å²) in [5, 5.41) is 2.66. The quantitative estimate of drug-likeness (QED) is 0.294. The molecule has 1 saturated carbocycles. The number of fused-ring (bicyclic) bond motifs is 1. The Labute approximate surface area is 278 Å². The van der Waals surface area contributed by atoms with Crippen LogP contribution in [0.3, 0.4) is 0 Å².